The number of rotatable bonds is 2. The van der Waals surface area contributed by atoms with Crippen molar-refractivity contribution < 1.29 is 31.1 Å². The lowest BCUT2D eigenvalue weighted by molar-refractivity contribution is -0.138. The molecule has 1 aliphatic rings. The molecule has 1 fully saturated rings. The first-order chi connectivity index (χ1) is 13.0. The molecule has 0 aromatic heterocycles. The molecule has 0 aliphatic carbocycles. The van der Waals surface area contributed by atoms with Gasteiger partial charge < -0.3 is 0 Å². The zero-order valence-corrected chi connectivity index (χ0v) is 15.3. The summed E-state index contributed by atoms with van der Waals surface area (Å²) in [5, 5.41) is 0. The van der Waals surface area contributed by atoms with Gasteiger partial charge in [-0.05, 0) is 42.0 Å². The highest BCUT2D eigenvalue weighted by Gasteiger charge is 2.36. The molecule has 2 aromatic rings. The number of amides is 1. The number of alkyl halides is 6. The van der Waals surface area contributed by atoms with Gasteiger partial charge in [-0.25, -0.2) is 0 Å². The summed E-state index contributed by atoms with van der Waals surface area (Å²) < 4.78 is 76.6. The number of benzene rings is 2. The van der Waals surface area contributed by atoms with Gasteiger partial charge >= 0.3 is 12.4 Å². The fourth-order valence-corrected chi connectivity index (χ4v) is 3.73. The summed E-state index contributed by atoms with van der Waals surface area (Å²) in [4.78, 5) is 13.7. The Balaban J connectivity index is 1.89. The van der Waals surface area contributed by atoms with Gasteiger partial charge in [-0.15, -0.1) is 0 Å². The molecule has 0 N–H and O–H groups in total. The molecule has 28 heavy (non-hydrogen) atoms. The van der Waals surface area contributed by atoms with E-state index in [0.29, 0.717) is 5.56 Å². The molecule has 3 rings (SSSR count). The summed E-state index contributed by atoms with van der Waals surface area (Å²) in [6.07, 6.45) is -7.72. The minimum atomic E-state index is -4.58. The second-order valence-electron chi connectivity index (χ2n) is 5.68. The third-order valence-electron chi connectivity index (χ3n) is 3.76. The Labute approximate surface area is 164 Å². The van der Waals surface area contributed by atoms with Crippen LogP contribution in [0.4, 0.5) is 32.0 Å². The smallest absolute Gasteiger partial charge is 0.268 e. The van der Waals surface area contributed by atoms with Crippen LogP contribution in [0.5, 0.6) is 0 Å². The number of thioether (sulfide) groups is 1. The van der Waals surface area contributed by atoms with Crippen LogP contribution < -0.4 is 4.90 Å². The average Bonchev–Trinajstić information content (AvgIpc) is 2.87. The molecule has 2 nitrogen and oxygen atoms in total. The van der Waals surface area contributed by atoms with Crippen LogP contribution in [0.15, 0.2) is 53.4 Å². The van der Waals surface area contributed by atoms with Crippen molar-refractivity contribution in [2.75, 3.05) is 4.90 Å². The fraction of sp³-hybridized carbons (Fsp3) is 0.111. The maximum atomic E-state index is 12.9. The lowest BCUT2D eigenvalue weighted by Gasteiger charge is -2.16. The van der Waals surface area contributed by atoms with Gasteiger partial charge in [0, 0.05) is 0 Å². The Morgan fingerprint density at radius 2 is 1.50 bits per heavy atom. The molecule has 1 aliphatic heterocycles. The van der Waals surface area contributed by atoms with Crippen molar-refractivity contribution in [3.05, 3.63) is 70.1 Å². The Morgan fingerprint density at radius 1 is 0.893 bits per heavy atom. The molecule has 0 atom stereocenters. The third kappa shape index (κ3) is 4.22. The van der Waals surface area contributed by atoms with Crippen molar-refractivity contribution in [2.45, 2.75) is 12.4 Å². The monoisotopic (exact) mass is 433 g/mol. The van der Waals surface area contributed by atoms with E-state index in [2.05, 4.69) is 0 Å². The first-order valence-electron chi connectivity index (χ1n) is 7.59. The van der Waals surface area contributed by atoms with Crippen molar-refractivity contribution in [3.63, 3.8) is 0 Å². The van der Waals surface area contributed by atoms with Crippen molar-refractivity contribution in [1.82, 2.24) is 0 Å². The highest BCUT2D eigenvalue weighted by atomic mass is 32.2. The van der Waals surface area contributed by atoms with Crippen molar-refractivity contribution in [2.24, 2.45) is 0 Å². The second-order valence-corrected chi connectivity index (χ2v) is 7.36. The molecule has 0 saturated carbocycles. The zero-order chi connectivity index (χ0) is 20.7. The summed E-state index contributed by atoms with van der Waals surface area (Å²) in [7, 11) is 0. The van der Waals surface area contributed by atoms with E-state index >= 15 is 0 Å². The fourth-order valence-electron chi connectivity index (χ4n) is 2.43. The Kier molecular flexibility index (Phi) is 5.28. The third-order valence-corrected chi connectivity index (χ3v) is 5.06. The number of nitrogens with zero attached hydrogens (tertiary/aromatic N) is 1. The maximum absolute atomic E-state index is 12.9. The van der Waals surface area contributed by atoms with Crippen molar-refractivity contribution in [3.8, 4) is 0 Å². The molecular formula is C18H9F6NOS2. The molecule has 1 heterocycles. The molecule has 0 radical (unpaired) electrons. The Bertz CT molecular complexity index is 963. The Morgan fingerprint density at radius 3 is 2.07 bits per heavy atom. The number of hydrogen-bond acceptors (Lipinski definition) is 3. The van der Waals surface area contributed by atoms with E-state index < -0.39 is 29.4 Å². The van der Waals surface area contributed by atoms with Gasteiger partial charge in [0.25, 0.3) is 5.91 Å². The van der Waals surface area contributed by atoms with Gasteiger partial charge in [0.2, 0.25) is 0 Å². The van der Waals surface area contributed by atoms with Crippen LogP contribution in [0.3, 0.4) is 0 Å². The normalized spacial score (nSPS) is 16.9. The zero-order valence-electron chi connectivity index (χ0n) is 13.6. The molecule has 0 spiro atoms. The minimum absolute atomic E-state index is 0.0301. The van der Waals surface area contributed by atoms with Gasteiger partial charge in [0.15, 0.2) is 4.32 Å². The topological polar surface area (TPSA) is 20.3 Å². The summed E-state index contributed by atoms with van der Waals surface area (Å²) in [6.45, 7) is 0. The number of carbonyl (C=O) groups is 1. The number of anilines is 1. The number of halogens is 6. The van der Waals surface area contributed by atoms with Gasteiger partial charge in [0.1, 0.15) is 0 Å². The van der Waals surface area contributed by atoms with Crippen LogP contribution in [0.25, 0.3) is 6.08 Å². The van der Waals surface area contributed by atoms with E-state index in [-0.39, 0.29) is 14.9 Å². The molecule has 2 aromatic carbocycles. The lowest BCUT2D eigenvalue weighted by Crippen LogP contribution is -2.27. The molecule has 0 unspecified atom stereocenters. The Hall–Kier alpha value is -2.33. The molecule has 10 heteroatoms. The first-order valence-corrected chi connectivity index (χ1v) is 8.82. The number of carbonyl (C=O) groups excluding carboxylic acids is 1. The highest BCUT2D eigenvalue weighted by molar-refractivity contribution is 8.27. The standard InChI is InChI=1S/C18H9F6NOS2/c19-17(20,21)11-6-4-10(5-7-11)8-14-15(26)25(16(27)28-14)13-3-1-2-12(9-13)18(22,23)24/h1-9H/b14-8+. The molecular weight excluding hydrogens is 424 g/mol. The predicted octanol–water partition coefficient (Wildman–Crippen LogP) is 6.13. The SMILES string of the molecule is O=C1/C(=C\c2ccc(C(F)(F)F)cc2)SC(=S)N1c1cccc(C(F)(F)F)c1. The first kappa shape index (κ1) is 20.4. The highest BCUT2D eigenvalue weighted by Crippen LogP contribution is 2.38. The van der Waals surface area contributed by atoms with E-state index in [1.54, 1.807) is 0 Å². The molecule has 0 bridgehead atoms. The maximum Gasteiger partial charge on any atom is 0.416 e. The summed E-state index contributed by atoms with van der Waals surface area (Å²) >= 11 is 5.96. The van der Waals surface area contributed by atoms with E-state index in [4.69, 9.17) is 12.2 Å². The van der Waals surface area contributed by atoms with E-state index in [1.807, 2.05) is 0 Å². The molecule has 146 valence electrons. The van der Waals surface area contributed by atoms with Crippen LogP contribution in [0.1, 0.15) is 16.7 Å². The summed E-state index contributed by atoms with van der Waals surface area (Å²) in [5.41, 5.74) is -1.46. The number of thiocarbonyl (C=S) groups is 1. The number of hydrogen-bond donors (Lipinski definition) is 0. The van der Waals surface area contributed by atoms with Crippen LogP contribution in [-0.4, -0.2) is 10.2 Å². The van der Waals surface area contributed by atoms with Crippen LogP contribution in [-0.2, 0) is 17.1 Å². The van der Waals surface area contributed by atoms with Crippen LogP contribution in [0, 0.1) is 0 Å². The predicted molar refractivity (Wildman–Crippen MR) is 98.5 cm³/mol. The molecule has 1 saturated heterocycles. The van der Waals surface area contributed by atoms with E-state index in [9.17, 15) is 31.1 Å². The van der Waals surface area contributed by atoms with Crippen molar-refractivity contribution >= 4 is 46.0 Å². The summed E-state index contributed by atoms with van der Waals surface area (Å²) in [6, 6.07) is 8.31. The van der Waals surface area contributed by atoms with E-state index in [0.717, 1.165) is 47.0 Å². The minimum Gasteiger partial charge on any atom is -0.268 e. The lowest BCUT2D eigenvalue weighted by atomic mass is 10.1. The van der Waals surface area contributed by atoms with Gasteiger partial charge in [-0.3, -0.25) is 9.69 Å². The quantitative estimate of drug-likeness (QED) is 0.323. The average molecular weight is 433 g/mol. The van der Waals surface area contributed by atoms with Gasteiger partial charge in [-0.2, -0.15) is 26.3 Å². The summed E-state index contributed by atoms with van der Waals surface area (Å²) in [5.74, 6) is -0.644. The van der Waals surface area contributed by atoms with Crippen molar-refractivity contribution in [1.29, 1.82) is 0 Å². The van der Waals surface area contributed by atoms with Gasteiger partial charge in [0.05, 0.1) is 21.7 Å². The second kappa shape index (κ2) is 7.25. The van der Waals surface area contributed by atoms with Gasteiger partial charge in [-0.1, -0.05) is 42.2 Å². The largest absolute Gasteiger partial charge is 0.416 e. The van der Waals surface area contributed by atoms with Crippen LogP contribution >= 0.6 is 24.0 Å². The molecule has 1 amide bonds. The van der Waals surface area contributed by atoms with E-state index in [1.165, 1.54) is 24.3 Å². The van der Waals surface area contributed by atoms with Crippen LogP contribution in [0.2, 0.25) is 0 Å².